The van der Waals surface area contributed by atoms with Crippen molar-refractivity contribution in [3.8, 4) is 11.4 Å². The number of imidazole rings is 1. The molecule has 0 aliphatic carbocycles. The van der Waals surface area contributed by atoms with E-state index in [-0.39, 0.29) is 24.1 Å². The van der Waals surface area contributed by atoms with Gasteiger partial charge in [-0.3, -0.25) is 4.79 Å². The lowest BCUT2D eigenvalue weighted by Gasteiger charge is -2.35. The van der Waals surface area contributed by atoms with Gasteiger partial charge in [0.25, 0.3) is 0 Å². The third-order valence-electron chi connectivity index (χ3n) is 5.12. The van der Waals surface area contributed by atoms with E-state index in [2.05, 4.69) is 19.2 Å². The third-order valence-corrected chi connectivity index (χ3v) is 5.37. The summed E-state index contributed by atoms with van der Waals surface area (Å²) in [7, 11) is 0. The molecule has 1 fully saturated rings. The van der Waals surface area contributed by atoms with Crippen LogP contribution in [0.4, 0.5) is 0 Å². The van der Waals surface area contributed by atoms with E-state index in [1.807, 2.05) is 53.1 Å². The molecule has 2 aromatic carbocycles. The van der Waals surface area contributed by atoms with E-state index in [9.17, 15) is 4.79 Å². The van der Waals surface area contributed by atoms with Crippen molar-refractivity contribution in [2.24, 2.45) is 0 Å². The summed E-state index contributed by atoms with van der Waals surface area (Å²) in [5.41, 5.74) is 2.54. The van der Waals surface area contributed by atoms with Crippen molar-refractivity contribution < 1.29 is 9.53 Å². The van der Waals surface area contributed by atoms with Crippen LogP contribution in [0, 0.1) is 0 Å². The number of aromatic nitrogens is 2. The first-order chi connectivity index (χ1) is 13.4. The zero-order chi connectivity index (χ0) is 19.7. The molecule has 0 bridgehead atoms. The maximum absolute atomic E-state index is 12.8. The molecule has 6 heteroatoms. The number of hydrogen-bond donors (Lipinski definition) is 1. The molecule has 1 atom stereocenters. The fourth-order valence-corrected chi connectivity index (χ4v) is 3.95. The number of hydrogen-bond acceptors (Lipinski definition) is 3. The number of rotatable bonds is 4. The molecule has 1 aliphatic rings. The summed E-state index contributed by atoms with van der Waals surface area (Å²) in [6.07, 6.45) is 1.65. The quantitative estimate of drug-likeness (QED) is 0.708. The number of nitrogens with zero attached hydrogens (tertiary/aromatic N) is 2. The lowest BCUT2D eigenvalue weighted by atomic mass is 9.94. The van der Waals surface area contributed by atoms with Crippen molar-refractivity contribution in [2.45, 2.75) is 44.9 Å². The smallest absolute Gasteiger partial charge is 0.240 e. The van der Waals surface area contributed by atoms with Crippen molar-refractivity contribution in [3.05, 3.63) is 53.6 Å². The van der Waals surface area contributed by atoms with Crippen LogP contribution in [0.3, 0.4) is 0 Å². The van der Waals surface area contributed by atoms with E-state index in [1.165, 1.54) is 0 Å². The molecule has 4 rings (SSSR count). The fraction of sp³-hybridized carbons (Fsp3) is 0.364. The molecule has 1 saturated heterocycles. The predicted octanol–water partition coefficient (Wildman–Crippen LogP) is 4.43. The minimum absolute atomic E-state index is 0.0129. The summed E-state index contributed by atoms with van der Waals surface area (Å²) in [4.78, 5) is 17.6. The molecule has 0 radical (unpaired) electrons. The summed E-state index contributed by atoms with van der Waals surface area (Å²) in [5.74, 6) is 0.751. The standard InChI is InChI=1S/C22H24ClN3O2/c1-22(2)13-17(11-12-28-22)24-20(27)14-26-19-6-4-3-5-18(19)25-21(26)15-7-9-16(23)10-8-15/h3-10,17H,11-14H2,1-2H3,(H,24,27). The lowest BCUT2D eigenvalue weighted by Crippen LogP contribution is -2.46. The van der Waals surface area contributed by atoms with E-state index in [0.717, 1.165) is 35.3 Å². The van der Waals surface area contributed by atoms with E-state index in [1.54, 1.807) is 0 Å². The Morgan fingerprint density at radius 3 is 2.75 bits per heavy atom. The number of amides is 1. The second-order valence-corrected chi connectivity index (χ2v) is 8.32. The van der Waals surface area contributed by atoms with Gasteiger partial charge in [-0.05, 0) is 63.1 Å². The van der Waals surface area contributed by atoms with Crippen LogP contribution in [0.25, 0.3) is 22.4 Å². The predicted molar refractivity (Wildman–Crippen MR) is 111 cm³/mol. The van der Waals surface area contributed by atoms with Gasteiger partial charge in [0, 0.05) is 23.2 Å². The maximum Gasteiger partial charge on any atom is 0.240 e. The molecule has 1 unspecified atom stereocenters. The van der Waals surface area contributed by atoms with Crippen molar-refractivity contribution in [3.63, 3.8) is 0 Å². The van der Waals surface area contributed by atoms with Gasteiger partial charge in [0.2, 0.25) is 5.91 Å². The number of carbonyl (C=O) groups is 1. The van der Waals surface area contributed by atoms with E-state index < -0.39 is 0 Å². The van der Waals surface area contributed by atoms with Crippen LogP contribution >= 0.6 is 11.6 Å². The molecule has 0 saturated carbocycles. The van der Waals surface area contributed by atoms with Gasteiger partial charge < -0.3 is 14.6 Å². The third kappa shape index (κ3) is 4.05. The molecular weight excluding hydrogens is 374 g/mol. The highest BCUT2D eigenvalue weighted by Gasteiger charge is 2.29. The fourth-order valence-electron chi connectivity index (χ4n) is 3.83. The Kier molecular flexibility index (Phi) is 5.13. The van der Waals surface area contributed by atoms with Gasteiger partial charge >= 0.3 is 0 Å². The highest BCUT2D eigenvalue weighted by Crippen LogP contribution is 2.27. The number of halogens is 1. The Bertz CT molecular complexity index is 995. The zero-order valence-corrected chi connectivity index (χ0v) is 16.9. The van der Waals surface area contributed by atoms with Crippen LogP contribution in [0.1, 0.15) is 26.7 Å². The van der Waals surface area contributed by atoms with Crippen molar-refractivity contribution >= 4 is 28.5 Å². The van der Waals surface area contributed by atoms with Crippen LogP contribution in [0.2, 0.25) is 5.02 Å². The Morgan fingerprint density at radius 2 is 2.00 bits per heavy atom. The summed E-state index contributed by atoms with van der Waals surface area (Å²) >= 11 is 6.03. The number of fused-ring (bicyclic) bond motifs is 1. The number of para-hydroxylation sites is 2. The zero-order valence-electron chi connectivity index (χ0n) is 16.1. The van der Waals surface area contributed by atoms with Crippen LogP contribution in [-0.2, 0) is 16.1 Å². The normalized spacial score (nSPS) is 18.9. The Hall–Kier alpha value is -2.37. The largest absolute Gasteiger partial charge is 0.375 e. The van der Waals surface area contributed by atoms with E-state index >= 15 is 0 Å². The molecule has 5 nitrogen and oxygen atoms in total. The number of benzene rings is 2. The molecule has 3 aromatic rings. The topological polar surface area (TPSA) is 56.2 Å². The van der Waals surface area contributed by atoms with Gasteiger partial charge in [0.15, 0.2) is 0 Å². The number of ether oxygens (including phenoxy) is 1. The van der Waals surface area contributed by atoms with E-state index in [0.29, 0.717) is 11.6 Å². The molecule has 2 heterocycles. The molecule has 0 spiro atoms. The van der Waals surface area contributed by atoms with Gasteiger partial charge in [-0.2, -0.15) is 0 Å². The highest BCUT2D eigenvalue weighted by molar-refractivity contribution is 6.30. The van der Waals surface area contributed by atoms with Crippen LogP contribution in [-0.4, -0.2) is 33.7 Å². The van der Waals surface area contributed by atoms with E-state index in [4.69, 9.17) is 21.3 Å². The number of nitrogens with one attached hydrogen (secondary N) is 1. The minimum atomic E-state index is -0.202. The van der Waals surface area contributed by atoms with Gasteiger partial charge in [0.1, 0.15) is 12.4 Å². The number of carbonyl (C=O) groups excluding carboxylic acids is 1. The van der Waals surface area contributed by atoms with Gasteiger partial charge in [-0.1, -0.05) is 23.7 Å². The van der Waals surface area contributed by atoms with Crippen molar-refractivity contribution in [1.29, 1.82) is 0 Å². The van der Waals surface area contributed by atoms with Gasteiger partial charge in [-0.15, -0.1) is 0 Å². The highest BCUT2D eigenvalue weighted by atomic mass is 35.5. The summed E-state index contributed by atoms with van der Waals surface area (Å²) < 4.78 is 7.72. The van der Waals surface area contributed by atoms with Gasteiger partial charge in [0.05, 0.1) is 16.6 Å². The van der Waals surface area contributed by atoms with Gasteiger partial charge in [-0.25, -0.2) is 4.98 Å². The monoisotopic (exact) mass is 397 g/mol. The molecule has 1 amide bonds. The molecule has 1 N–H and O–H groups in total. The Balaban J connectivity index is 1.61. The minimum Gasteiger partial charge on any atom is -0.375 e. The van der Waals surface area contributed by atoms with Crippen molar-refractivity contribution in [2.75, 3.05) is 6.61 Å². The average molecular weight is 398 g/mol. The summed E-state index contributed by atoms with van der Waals surface area (Å²) in [6, 6.07) is 15.5. The van der Waals surface area contributed by atoms with Crippen LogP contribution < -0.4 is 5.32 Å². The molecule has 146 valence electrons. The first kappa shape index (κ1) is 19.0. The lowest BCUT2D eigenvalue weighted by molar-refractivity contribution is -0.124. The molecule has 1 aliphatic heterocycles. The second-order valence-electron chi connectivity index (χ2n) is 7.88. The average Bonchev–Trinajstić information content (AvgIpc) is 3.00. The molecular formula is C22H24ClN3O2. The first-order valence-electron chi connectivity index (χ1n) is 9.56. The Morgan fingerprint density at radius 1 is 1.25 bits per heavy atom. The summed E-state index contributed by atoms with van der Waals surface area (Å²) in [6.45, 7) is 5.01. The van der Waals surface area contributed by atoms with Crippen LogP contribution in [0.5, 0.6) is 0 Å². The second kappa shape index (κ2) is 7.57. The first-order valence-corrected chi connectivity index (χ1v) is 9.94. The molecule has 28 heavy (non-hydrogen) atoms. The van der Waals surface area contributed by atoms with Crippen molar-refractivity contribution in [1.82, 2.24) is 14.9 Å². The van der Waals surface area contributed by atoms with Crippen LogP contribution in [0.15, 0.2) is 48.5 Å². The summed E-state index contributed by atoms with van der Waals surface area (Å²) in [5, 5.41) is 3.85. The SMILES string of the molecule is CC1(C)CC(NC(=O)Cn2c(-c3ccc(Cl)cc3)nc3ccccc32)CCO1. The molecule has 1 aromatic heterocycles. The Labute approximate surface area is 169 Å². The maximum atomic E-state index is 12.8.